The quantitative estimate of drug-likeness (QED) is 0.754. The molecule has 0 aliphatic heterocycles. The summed E-state index contributed by atoms with van der Waals surface area (Å²) in [6.07, 6.45) is 9.58. The van der Waals surface area contributed by atoms with E-state index < -0.39 is 0 Å². The van der Waals surface area contributed by atoms with Gasteiger partial charge in [-0.15, -0.1) is 0 Å². The van der Waals surface area contributed by atoms with Crippen molar-refractivity contribution in [3.05, 3.63) is 23.8 Å². The van der Waals surface area contributed by atoms with Gasteiger partial charge in [-0.2, -0.15) is 0 Å². The van der Waals surface area contributed by atoms with Crippen LogP contribution < -0.4 is 14.8 Å². The van der Waals surface area contributed by atoms with Crippen LogP contribution in [0.5, 0.6) is 11.5 Å². The van der Waals surface area contributed by atoms with E-state index in [0.29, 0.717) is 6.42 Å². The predicted octanol–water partition coefficient (Wildman–Crippen LogP) is 4.63. The van der Waals surface area contributed by atoms with Gasteiger partial charge in [-0.25, -0.2) is 0 Å². The lowest BCUT2D eigenvalue weighted by atomic mass is 9.86. The Morgan fingerprint density at radius 3 is 2.62 bits per heavy atom. The number of carbonyl (C=O) groups excluding carboxylic acids is 1. The van der Waals surface area contributed by atoms with Gasteiger partial charge in [0.2, 0.25) is 5.91 Å². The van der Waals surface area contributed by atoms with E-state index in [-0.39, 0.29) is 11.9 Å². The number of ether oxygens (including phenoxy) is 2. The molecule has 0 saturated heterocycles. The molecule has 1 aromatic carbocycles. The average molecular weight is 333 g/mol. The molecular weight excluding hydrogens is 302 g/mol. The lowest BCUT2D eigenvalue weighted by Crippen LogP contribution is -2.26. The van der Waals surface area contributed by atoms with Crippen molar-refractivity contribution in [1.29, 1.82) is 0 Å². The van der Waals surface area contributed by atoms with Crippen LogP contribution in [0.25, 0.3) is 0 Å². The summed E-state index contributed by atoms with van der Waals surface area (Å²) in [5.74, 6) is 2.49. The van der Waals surface area contributed by atoms with Crippen LogP contribution >= 0.6 is 0 Å². The molecule has 1 aliphatic carbocycles. The Morgan fingerprint density at radius 1 is 1.21 bits per heavy atom. The van der Waals surface area contributed by atoms with Gasteiger partial charge in [0.25, 0.3) is 0 Å². The van der Waals surface area contributed by atoms with Crippen LogP contribution in [-0.4, -0.2) is 20.1 Å². The van der Waals surface area contributed by atoms with E-state index in [0.717, 1.165) is 29.4 Å². The molecule has 134 valence electrons. The highest BCUT2D eigenvalue weighted by Crippen LogP contribution is 2.30. The Labute approximate surface area is 145 Å². The highest BCUT2D eigenvalue weighted by Gasteiger charge is 2.17. The summed E-state index contributed by atoms with van der Waals surface area (Å²) >= 11 is 0. The molecule has 0 spiro atoms. The van der Waals surface area contributed by atoms with Crippen molar-refractivity contribution in [1.82, 2.24) is 5.32 Å². The molecular formula is C20H31NO3. The first kappa shape index (κ1) is 18.6. The molecule has 1 saturated carbocycles. The highest BCUT2D eigenvalue weighted by atomic mass is 16.5. The molecule has 1 atom stereocenters. The van der Waals surface area contributed by atoms with Gasteiger partial charge < -0.3 is 14.8 Å². The zero-order valence-corrected chi connectivity index (χ0v) is 15.3. The number of rotatable bonds is 8. The predicted molar refractivity (Wildman–Crippen MR) is 96.5 cm³/mol. The summed E-state index contributed by atoms with van der Waals surface area (Å²) < 4.78 is 10.7. The van der Waals surface area contributed by atoms with E-state index in [1.54, 1.807) is 14.2 Å². The van der Waals surface area contributed by atoms with Gasteiger partial charge in [0, 0.05) is 12.0 Å². The minimum Gasteiger partial charge on any atom is -0.497 e. The van der Waals surface area contributed by atoms with E-state index in [9.17, 15) is 4.79 Å². The first-order chi connectivity index (χ1) is 11.6. The van der Waals surface area contributed by atoms with Crippen LogP contribution in [0.15, 0.2) is 18.2 Å². The molecule has 2 rings (SSSR count). The summed E-state index contributed by atoms with van der Waals surface area (Å²) in [5.41, 5.74) is 0.942. The summed E-state index contributed by atoms with van der Waals surface area (Å²) in [7, 11) is 3.28. The van der Waals surface area contributed by atoms with Gasteiger partial charge in [-0.3, -0.25) is 4.79 Å². The van der Waals surface area contributed by atoms with Crippen LogP contribution in [0.3, 0.4) is 0 Å². The zero-order chi connectivity index (χ0) is 17.4. The molecule has 1 N–H and O–H groups in total. The lowest BCUT2D eigenvalue weighted by molar-refractivity contribution is -0.121. The molecule has 4 heteroatoms. The van der Waals surface area contributed by atoms with Gasteiger partial charge >= 0.3 is 0 Å². The lowest BCUT2D eigenvalue weighted by Gasteiger charge is -2.21. The zero-order valence-electron chi connectivity index (χ0n) is 15.3. The molecule has 0 heterocycles. The minimum atomic E-state index is -0.0998. The summed E-state index contributed by atoms with van der Waals surface area (Å²) in [5, 5.41) is 3.09. The Kier molecular flexibility index (Phi) is 7.41. The number of hydrogen-bond acceptors (Lipinski definition) is 3. The maximum absolute atomic E-state index is 12.2. The second kappa shape index (κ2) is 9.55. The molecule has 1 aliphatic rings. The van der Waals surface area contributed by atoms with E-state index in [4.69, 9.17) is 9.47 Å². The van der Waals surface area contributed by atoms with Crippen LogP contribution in [0.4, 0.5) is 0 Å². The smallest absolute Gasteiger partial charge is 0.220 e. The molecule has 1 amide bonds. The minimum absolute atomic E-state index is 0.0998. The standard InChI is InChI=1S/C20H31NO3/c1-15(18-14-17(23-2)12-13-19(18)24-3)21-20(22)11-7-10-16-8-5-4-6-9-16/h12-16H,4-11H2,1-3H3,(H,21,22). The third-order valence-corrected chi connectivity index (χ3v) is 5.02. The van der Waals surface area contributed by atoms with Crippen molar-refractivity contribution in [2.75, 3.05) is 14.2 Å². The first-order valence-corrected chi connectivity index (χ1v) is 9.15. The van der Waals surface area contributed by atoms with Crippen molar-refractivity contribution in [3.63, 3.8) is 0 Å². The van der Waals surface area contributed by atoms with E-state index in [2.05, 4.69) is 5.32 Å². The third kappa shape index (κ3) is 5.43. The van der Waals surface area contributed by atoms with E-state index in [1.807, 2.05) is 25.1 Å². The van der Waals surface area contributed by atoms with E-state index in [1.165, 1.54) is 38.5 Å². The van der Waals surface area contributed by atoms with Gasteiger partial charge in [0.1, 0.15) is 11.5 Å². The van der Waals surface area contributed by atoms with Crippen LogP contribution in [0.2, 0.25) is 0 Å². The van der Waals surface area contributed by atoms with E-state index >= 15 is 0 Å². The Balaban J connectivity index is 1.82. The normalized spacial score (nSPS) is 16.5. The molecule has 24 heavy (non-hydrogen) atoms. The third-order valence-electron chi connectivity index (χ3n) is 5.02. The number of methoxy groups -OCH3 is 2. The Morgan fingerprint density at radius 2 is 1.96 bits per heavy atom. The molecule has 0 bridgehead atoms. The molecule has 4 nitrogen and oxygen atoms in total. The molecule has 1 aromatic rings. The fourth-order valence-corrected chi connectivity index (χ4v) is 3.60. The fourth-order valence-electron chi connectivity index (χ4n) is 3.60. The number of hydrogen-bond donors (Lipinski definition) is 1. The largest absolute Gasteiger partial charge is 0.497 e. The van der Waals surface area contributed by atoms with Gasteiger partial charge in [-0.1, -0.05) is 32.1 Å². The van der Waals surface area contributed by atoms with Crippen molar-refractivity contribution < 1.29 is 14.3 Å². The Bertz CT molecular complexity index is 524. The SMILES string of the molecule is COc1ccc(OC)c(C(C)NC(=O)CCCC2CCCCC2)c1. The van der Waals surface area contributed by atoms with Gasteiger partial charge in [-0.05, 0) is 43.9 Å². The van der Waals surface area contributed by atoms with Crippen molar-refractivity contribution in [2.45, 2.75) is 64.3 Å². The Hall–Kier alpha value is -1.71. The molecule has 0 radical (unpaired) electrons. The summed E-state index contributed by atoms with van der Waals surface area (Å²) in [4.78, 5) is 12.2. The second-order valence-corrected chi connectivity index (χ2v) is 6.79. The first-order valence-electron chi connectivity index (χ1n) is 9.15. The molecule has 0 aromatic heterocycles. The number of amides is 1. The highest BCUT2D eigenvalue weighted by molar-refractivity contribution is 5.76. The fraction of sp³-hybridized carbons (Fsp3) is 0.650. The topological polar surface area (TPSA) is 47.6 Å². The summed E-state index contributed by atoms with van der Waals surface area (Å²) in [6.45, 7) is 1.98. The number of carbonyl (C=O) groups is 1. The van der Waals surface area contributed by atoms with Crippen molar-refractivity contribution >= 4 is 5.91 Å². The summed E-state index contributed by atoms with van der Waals surface area (Å²) in [6, 6.07) is 5.56. The number of nitrogens with one attached hydrogen (secondary N) is 1. The molecule has 1 unspecified atom stereocenters. The monoisotopic (exact) mass is 333 g/mol. The van der Waals surface area contributed by atoms with Gasteiger partial charge in [0.15, 0.2) is 0 Å². The maximum atomic E-state index is 12.2. The molecule has 1 fully saturated rings. The van der Waals surface area contributed by atoms with Crippen molar-refractivity contribution in [3.8, 4) is 11.5 Å². The average Bonchev–Trinajstić information content (AvgIpc) is 2.62. The van der Waals surface area contributed by atoms with Crippen LogP contribution in [-0.2, 0) is 4.79 Å². The van der Waals surface area contributed by atoms with Crippen LogP contribution in [0, 0.1) is 5.92 Å². The van der Waals surface area contributed by atoms with Crippen molar-refractivity contribution in [2.24, 2.45) is 5.92 Å². The van der Waals surface area contributed by atoms with Gasteiger partial charge in [0.05, 0.1) is 20.3 Å². The van der Waals surface area contributed by atoms with Crippen LogP contribution in [0.1, 0.15) is 69.9 Å². The maximum Gasteiger partial charge on any atom is 0.220 e. The second-order valence-electron chi connectivity index (χ2n) is 6.79. The number of benzene rings is 1.